The zero-order valence-electron chi connectivity index (χ0n) is 17.6. The standard InChI is InChI=1S/C21H26N4O5S/c1-28-13-5-6-15(18(8-13)29-2)21(27)23-20-16-11-31-12-17(16)24-25(20)10-19(26)22-9-14-4-3-7-30-14/h5-6,8,14H,3-4,7,9-12H2,1-2H3,(H,22,26)(H,23,27)/t14-/m1/s1. The second-order valence-electron chi connectivity index (χ2n) is 7.38. The highest BCUT2D eigenvalue weighted by molar-refractivity contribution is 7.98. The van der Waals surface area contributed by atoms with Gasteiger partial charge in [-0.2, -0.15) is 16.9 Å². The van der Waals surface area contributed by atoms with Crippen molar-refractivity contribution >= 4 is 29.4 Å². The van der Waals surface area contributed by atoms with Crippen LogP contribution in [-0.4, -0.2) is 55.1 Å². The average Bonchev–Trinajstić information content (AvgIpc) is 3.52. The van der Waals surface area contributed by atoms with Crippen LogP contribution in [0.5, 0.6) is 11.5 Å². The van der Waals surface area contributed by atoms with Gasteiger partial charge in [0.1, 0.15) is 23.9 Å². The summed E-state index contributed by atoms with van der Waals surface area (Å²) in [6.07, 6.45) is 2.05. The fourth-order valence-corrected chi connectivity index (χ4v) is 4.74. The molecule has 1 saturated heterocycles. The number of aromatic nitrogens is 2. The number of amides is 2. The number of carbonyl (C=O) groups is 2. The molecule has 1 aromatic heterocycles. The van der Waals surface area contributed by atoms with Crippen LogP contribution in [-0.2, 0) is 27.6 Å². The van der Waals surface area contributed by atoms with Crippen molar-refractivity contribution in [3.8, 4) is 11.5 Å². The molecule has 0 spiro atoms. The first kappa shape index (κ1) is 21.5. The van der Waals surface area contributed by atoms with E-state index in [1.807, 2.05) is 0 Å². The number of ether oxygens (including phenoxy) is 3. The molecule has 0 saturated carbocycles. The van der Waals surface area contributed by atoms with Gasteiger partial charge in [0.25, 0.3) is 5.91 Å². The van der Waals surface area contributed by atoms with E-state index in [4.69, 9.17) is 14.2 Å². The Morgan fingerprint density at radius 2 is 2.16 bits per heavy atom. The molecular formula is C21H26N4O5S. The van der Waals surface area contributed by atoms with Crippen LogP contribution in [0.25, 0.3) is 0 Å². The van der Waals surface area contributed by atoms with Crippen LogP contribution in [0.2, 0.25) is 0 Å². The van der Waals surface area contributed by atoms with E-state index in [2.05, 4.69) is 15.7 Å². The monoisotopic (exact) mass is 446 g/mol. The summed E-state index contributed by atoms with van der Waals surface area (Å²) < 4.78 is 17.7. The number of nitrogens with one attached hydrogen (secondary N) is 2. The summed E-state index contributed by atoms with van der Waals surface area (Å²) >= 11 is 1.73. The molecule has 4 rings (SSSR count). The Labute approximate surface area is 184 Å². The maximum absolute atomic E-state index is 13.0. The first-order chi connectivity index (χ1) is 15.1. The first-order valence-corrected chi connectivity index (χ1v) is 11.3. The number of fused-ring (bicyclic) bond motifs is 1. The van der Waals surface area contributed by atoms with Crippen molar-refractivity contribution in [2.24, 2.45) is 0 Å². The molecule has 0 aliphatic carbocycles. The number of nitrogens with zero attached hydrogens (tertiary/aromatic N) is 2. The maximum Gasteiger partial charge on any atom is 0.260 e. The zero-order chi connectivity index (χ0) is 21.8. The molecule has 31 heavy (non-hydrogen) atoms. The van der Waals surface area contributed by atoms with Gasteiger partial charge in [-0.15, -0.1) is 0 Å². The highest BCUT2D eigenvalue weighted by Crippen LogP contribution is 2.35. The van der Waals surface area contributed by atoms with Gasteiger partial charge in [0.15, 0.2) is 0 Å². The minimum absolute atomic E-state index is 0.0275. The molecule has 10 heteroatoms. The molecule has 166 valence electrons. The van der Waals surface area contributed by atoms with Crippen molar-refractivity contribution < 1.29 is 23.8 Å². The topological polar surface area (TPSA) is 104 Å². The summed E-state index contributed by atoms with van der Waals surface area (Å²) in [6.45, 7) is 1.26. The highest BCUT2D eigenvalue weighted by Gasteiger charge is 2.26. The number of hydrogen-bond donors (Lipinski definition) is 2. The van der Waals surface area contributed by atoms with Crippen LogP contribution in [0.3, 0.4) is 0 Å². The van der Waals surface area contributed by atoms with E-state index < -0.39 is 0 Å². The largest absolute Gasteiger partial charge is 0.497 e. The Morgan fingerprint density at radius 3 is 2.90 bits per heavy atom. The molecule has 1 atom stereocenters. The third kappa shape index (κ3) is 4.80. The smallest absolute Gasteiger partial charge is 0.260 e. The zero-order valence-corrected chi connectivity index (χ0v) is 18.4. The first-order valence-electron chi connectivity index (χ1n) is 10.2. The van der Waals surface area contributed by atoms with Crippen molar-refractivity contribution in [3.63, 3.8) is 0 Å². The van der Waals surface area contributed by atoms with Crippen molar-refractivity contribution in [3.05, 3.63) is 35.0 Å². The summed E-state index contributed by atoms with van der Waals surface area (Å²) in [4.78, 5) is 25.5. The number of thioether (sulfide) groups is 1. The maximum atomic E-state index is 13.0. The van der Waals surface area contributed by atoms with Crippen molar-refractivity contribution in [2.75, 3.05) is 32.7 Å². The molecule has 2 aliphatic heterocycles. The van der Waals surface area contributed by atoms with Crippen LogP contribution < -0.4 is 20.1 Å². The third-order valence-corrected chi connectivity index (χ3v) is 6.32. The van der Waals surface area contributed by atoms with Gasteiger partial charge in [0.2, 0.25) is 5.91 Å². The number of rotatable bonds is 8. The predicted molar refractivity (Wildman–Crippen MR) is 117 cm³/mol. The lowest BCUT2D eigenvalue weighted by molar-refractivity contribution is -0.122. The lowest BCUT2D eigenvalue weighted by Crippen LogP contribution is -2.34. The molecule has 1 aromatic carbocycles. The van der Waals surface area contributed by atoms with Crippen molar-refractivity contribution in [1.29, 1.82) is 0 Å². The van der Waals surface area contributed by atoms with E-state index in [0.717, 1.165) is 42.2 Å². The number of methoxy groups -OCH3 is 2. The molecule has 0 bridgehead atoms. The van der Waals surface area contributed by atoms with E-state index in [0.29, 0.717) is 29.4 Å². The second-order valence-corrected chi connectivity index (χ2v) is 8.37. The van der Waals surface area contributed by atoms with Gasteiger partial charge < -0.3 is 24.8 Å². The lowest BCUT2D eigenvalue weighted by atomic mass is 10.1. The van der Waals surface area contributed by atoms with Gasteiger partial charge in [-0.3, -0.25) is 9.59 Å². The van der Waals surface area contributed by atoms with E-state index in [1.165, 1.54) is 7.11 Å². The molecule has 2 N–H and O–H groups in total. The summed E-state index contributed by atoms with van der Waals surface area (Å²) in [7, 11) is 3.06. The van der Waals surface area contributed by atoms with Crippen LogP contribution in [0.1, 0.15) is 34.5 Å². The van der Waals surface area contributed by atoms with E-state index >= 15 is 0 Å². The quantitative estimate of drug-likeness (QED) is 0.641. The van der Waals surface area contributed by atoms with E-state index in [1.54, 1.807) is 41.8 Å². The Kier molecular flexibility index (Phi) is 6.67. The summed E-state index contributed by atoms with van der Waals surface area (Å²) in [6, 6.07) is 5.01. The predicted octanol–water partition coefficient (Wildman–Crippen LogP) is 2.19. The fraction of sp³-hybridized carbons (Fsp3) is 0.476. The minimum Gasteiger partial charge on any atom is -0.497 e. The van der Waals surface area contributed by atoms with Gasteiger partial charge in [0, 0.05) is 36.3 Å². The third-order valence-electron chi connectivity index (χ3n) is 5.35. The van der Waals surface area contributed by atoms with Gasteiger partial charge in [-0.25, -0.2) is 4.68 Å². The number of anilines is 1. The van der Waals surface area contributed by atoms with Gasteiger partial charge in [-0.05, 0) is 25.0 Å². The SMILES string of the molecule is COc1ccc(C(=O)Nc2c3c(nn2CC(=O)NC[C@H]2CCCO2)CSC3)c(OC)c1. The Morgan fingerprint density at radius 1 is 1.29 bits per heavy atom. The minimum atomic E-state index is -0.333. The van der Waals surface area contributed by atoms with Gasteiger partial charge in [-0.1, -0.05) is 0 Å². The molecule has 2 aromatic rings. The Hall–Kier alpha value is -2.72. The normalized spacial score (nSPS) is 17.3. The molecule has 3 heterocycles. The summed E-state index contributed by atoms with van der Waals surface area (Å²) in [5, 5.41) is 10.4. The molecule has 9 nitrogen and oxygen atoms in total. The van der Waals surface area contributed by atoms with Crippen LogP contribution >= 0.6 is 11.8 Å². The Bertz CT molecular complexity index is 971. The fourth-order valence-electron chi connectivity index (χ4n) is 3.71. The Balaban J connectivity index is 1.50. The van der Waals surface area contributed by atoms with Crippen LogP contribution in [0.4, 0.5) is 5.82 Å². The highest BCUT2D eigenvalue weighted by atomic mass is 32.2. The number of hydrogen-bond acceptors (Lipinski definition) is 7. The molecule has 0 radical (unpaired) electrons. The second kappa shape index (κ2) is 9.61. The molecule has 1 fully saturated rings. The van der Waals surface area contributed by atoms with E-state index in [9.17, 15) is 9.59 Å². The molecule has 2 aliphatic rings. The van der Waals surface area contributed by atoms with Gasteiger partial charge in [0.05, 0.1) is 31.6 Å². The number of benzene rings is 1. The summed E-state index contributed by atoms with van der Waals surface area (Å²) in [5.41, 5.74) is 2.23. The lowest BCUT2D eigenvalue weighted by Gasteiger charge is -2.14. The molecular weight excluding hydrogens is 420 g/mol. The average molecular weight is 447 g/mol. The van der Waals surface area contributed by atoms with Crippen molar-refractivity contribution in [1.82, 2.24) is 15.1 Å². The van der Waals surface area contributed by atoms with Crippen LogP contribution in [0.15, 0.2) is 18.2 Å². The van der Waals surface area contributed by atoms with E-state index in [-0.39, 0.29) is 24.5 Å². The van der Waals surface area contributed by atoms with Gasteiger partial charge >= 0.3 is 0 Å². The van der Waals surface area contributed by atoms with Crippen LogP contribution in [0, 0.1) is 0 Å². The molecule has 2 amide bonds. The number of carbonyl (C=O) groups excluding carboxylic acids is 2. The molecule has 0 unspecified atom stereocenters. The summed E-state index contributed by atoms with van der Waals surface area (Å²) in [5.74, 6) is 2.55. The van der Waals surface area contributed by atoms with Crippen molar-refractivity contribution in [2.45, 2.75) is 37.0 Å².